The van der Waals surface area contributed by atoms with Gasteiger partial charge in [0, 0.05) is 38.4 Å². The quantitative estimate of drug-likeness (QED) is 0.839. The van der Waals surface area contributed by atoms with Gasteiger partial charge in [0.05, 0.1) is 13.2 Å². The number of nitrogens with zero attached hydrogens (tertiary/aromatic N) is 2. The van der Waals surface area contributed by atoms with Crippen LogP contribution in [0.25, 0.3) is 0 Å². The molecule has 6 heteroatoms. The molecule has 1 amide bonds. The van der Waals surface area contributed by atoms with Crippen LogP contribution in [0.4, 0.5) is 0 Å². The second-order valence-corrected chi connectivity index (χ2v) is 6.71. The molecule has 0 saturated carbocycles. The Bertz CT molecular complexity index is 352. The van der Waals surface area contributed by atoms with Gasteiger partial charge in [0.15, 0.2) is 5.17 Å². The zero-order chi connectivity index (χ0) is 13.7. The van der Waals surface area contributed by atoms with Crippen molar-refractivity contribution >= 4 is 22.8 Å². The van der Waals surface area contributed by atoms with Crippen LogP contribution in [0.3, 0.4) is 0 Å². The predicted molar refractivity (Wildman–Crippen MR) is 78.6 cm³/mol. The van der Waals surface area contributed by atoms with Gasteiger partial charge in [0.2, 0.25) is 5.91 Å². The van der Waals surface area contributed by atoms with Gasteiger partial charge in [0.1, 0.15) is 0 Å². The SMILES string of the molecule is CC1(C)CN=C(NCCC(=O)N2CCOCC2)SC1. The lowest BCUT2D eigenvalue weighted by molar-refractivity contribution is -0.135. The number of hydrogen-bond acceptors (Lipinski definition) is 5. The number of carbonyl (C=O) groups excluding carboxylic acids is 1. The van der Waals surface area contributed by atoms with Crippen molar-refractivity contribution in [2.24, 2.45) is 10.4 Å². The van der Waals surface area contributed by atoms with E-state index in [-0.39, 0.29) is 5.91 Å². The molecule has 2 aliphatic rings. The first-order valence-corrected chi connectivity index (χ1v) is 7.82. The summed E-state index contributed by atoms with van der Waals surface area (Å²) in [5.41, 5.74) is 0.291. The van der Waals surface area contributed by atoms with E-state index in [1.165, 1.54) is 0 Å². The Morgan fingerprint density at radius 1 is 1.47 bits per heavy atom. The summed E-state index contributed by atoms with van der Waals surface area (Å²) in [7, 11) is 0. The molecule has 0 bridgehead atoms. The van der Waals surface area contributed by atoms with Gasteiger partial charge in [-0.25, -0.2) is 0 Å². The summed E-state index contributed by atoms with van der Waals surface area (Å²) < 4.78 is 5.24. The number of thioether (sulfide) groups is 1. The maximum Gasteiger partial charge on any atom is 0.224 e. The lowest BCUT2D eigenvalue weighted by Crippen LogP contribution is -2.42. The van der Waals surface area contributed by atoms with Crippen LogP contribution in [0.1, 0.15) is 20.3 Å². The average molecular weight is 285 g/mol. The Hall–Kier alpha value is -0.750. The molecule has 1 saturated heterocycles. The number of morpholine rings is 1. The van der Waals surface area contributed by atoms with Crippen molar-refractivity contribution < 1.29 is 9.53 Å². The van der Waals surface area contributed by atoms with E-state index < -0.39 is 0 Å². The molecule has 5 nitrogen and oxygen atoms in total. The van der Waals surface area contributed by atoms with Crippen LogP contribution in [0.5, 0.6) is 0 Å². The van der Waals surface area contributed by atoms with Gasteiger partial charge in [-0.3, -0.25) is 9.79 Å². The third kappa shape index (κ3) is 4.69. The highest BCUT2D eigenvalue weighted by molar-refractivity contribution is 8.13. The van der Waals surface area contributed by atoms with Gasteiger partial charge in [0.25, 0.3) is 0 Å². The van der Waals surface area contributed by atoms with Crippen LogP contribution < -0.4 is 5.32 Å². The summed E-state index contributed by atoms with van der Waals surface area (Å²) in [6.07, 6.45) is 0.531. The fourth-order valence-electron chi connectivity index (χ4n) is 1.99. The molecular weight excluding hydrogens is 262 g/mol. The molecule has 19 heavy (non-hydrogen) atoms. The second-order valence-electron chi connectivity index (χ2n) is 5.74. The third-order valence-corrected chi connectivity index (χ3v) is 4.70. The third-order valence-electron chi connectivity index (χ3n) is 3.23. The first kappa shape index (κ1) is 14.7. The van der Waals surface area contributed by atoms with Gasteiger partial charge >= 0.3 is 0 Å². The number of rotatable bonds is 3. The molecule has 0 aromatic rings. The van der Waals surface area contributed by atoms with Crippen molar-refractivity contribution in [1.29, 1.82) is 0 Å². The van der Waals surface area contributed by atoms with E-state index in [2.05, 4.69) is 24.2 Å². The number of amides is 1. The molecule has 1 N–H and O–H groups in total. The molecule has 1 fully saturated rings. The molecule has 0 spiro atoms. The highest BCUT2D eigenvalue weighted by atomic mass is 32.2. The molecule has 0 aliphatic carbocycles. The van der Waals surface area contributed by atoms with Crippen molar-refractivity contribution in [2.75, 3.05) is 45.1 Å². The number of hydrogen-bond donors (Lipinski definition) is 1. The van der Waals surface area contributed by atoms with Crippen LogP contribution in [-0.2, 0) is 9.53 Å². The average Bonchev–Trinajstić information content (AvgIpc) is 2.41. The van der Waals surface area contributed by atoms with Crippen molar-refractivity contribution in [2.45, 2.75) is 20.3 Å². The Balaban J connectivity index is 1.66. The number of nitrogens with one attached hydrogen (secondary N) is 1. The topological polar surface area (TPSA) is 53.9 Å². The lowest BCUT2D eigenvalue weighted by atomic mass is 9.97. The molecular formula is C13H23N3O2S. The standard InChI is InChI=1S/C13H23N3O2S/c1-13(2)9-15-12(19-10-13)14-4-3-11(17)16-5-7-18-8-6-16/h3-10H2,1-2H3,(H,14,15). The van der Waals surface area contributed by atoms with Crippen LogP contribution >= 0.6 is 11.8 Å². The second kappa shape index (κ2) is 6.61. The summed E-state index contributed by atoms with van der Waals surface area (Å²) in [6, 6.07) is 0. The van der Waals surface area contributed by atoms with E-state index in [1.54, 1.807) is 11.8 Å². The molecule has 2 rings (SSSR count). The summed E-state index contributed by atoms with van der Waals surface area (Å²) >= 11 is 1.75. The number of carbonyl (C=O) groups is 1. The van der Waals surface area contributed by atoms with Crippen LogP contribution in [-0.4, -0.2) is 61.1 Å². The maximum absolute atomic E-state index is 11.9. The normalized spacial score (nSPS) is 22.8. The molecule has 0 unspecified atom stereocenters. The molecule has 0 radical (unpaired) electrons. The summed E-state index contributed by atoms with van der Waals surface area (Å²) in [4.78, 5) is 18.3. The summed E-state index contributed by atoms with van der Waals surface area (Å²) in [5.74, 6) is 1.29. The fraction of sp³-hybridized carbons (Fsp3) is 0.846. The summed E-state index contributed by atoms with van der Waals surface area (Å²) in [6.45, 7) is 8.76. The first-order valence-electron chi connectivity index (χ1n) is 6.83. The molecule has 2 aliphatic heterocycles. The van der Waals surface area contributed by atoms with E-state index in [9.17, 15) is 4.79 Å². The zero-order valence-electron chi connectivity index (χ0n) is 11.8. The minimum atomic E-state index is 0.206. The van der Waals surface area contributed by atoms with Crippen molar-refractivity contribution in [3.05, 3.63) is 0 Å². The lowest BCUT2D eigenvalue weighted by Gasteiger charge is -2.28. The Morgan fingerprint density at radius 2 is 2.21 bits per heavy atom. The van der Waals surface area contributed by atoms with Crippen LogP contribution in [0.2, 0.25) is 0 Å². The van der Waals surface area contributed by atoms with Crippen molar-refractivity contribution in [3.8, 4) is 0 Å². The van der Waals surface area contributed by atoms with Gasteiger partial charge in [-0.05, 0) is 5.41 Å². The number of ether oxygens (including phenoxy) is 1. The van der Waals surface area contributed by atoms with Gasteiger partial charge in [-0.15, -0.1) is 0 Å². The van der Waals surface area contributed by atoms with Gasteiger partial charge < -0.3 is 15.0 Å². The molecule has 2 heterocycles. The van der Waals surface area contributed by atoms with E-state index in [4.69, 9.17) is 4.74 Å². The fourth-order valence-corrected chi connectivity index (χ4v) is 2.97. The van der Waals surface area contributed by atoms with E-state index in [0.29, 0.717) is 31.6 Å². The maximum atomic E-state index is 11.9. The van der Waals surface area contributed by atoms with Gasteiger partial charge in [-0.1, -0.05) is 25.6 Å². The van der Waals surface area contributed by atoms with Crippen LogP contribution in [0.15, 0.2) is 4.99 Å². The largest absolute Gasteiger partial charge is 0.378 e. The van der Waals surface area contributed by atoms with E-state index in [1.807, 2.05) is 4.90 Å². The minimum Gasteiger partial charge on any atom is -0.378 e. The highest BCUT2D eigenvalue weighted by Crippen LogP contribution is 2.26. The first-order chi connectivity index (χ1) is 9.07. The zero-order valence-corrected chi connectivity index (χ0v) is 12.6. The highest BCUT2D eigenvalue weighted by Gasteiger charge is 2.23. The van der Waals surface area contributed by atoms with Crippen molar-refractivity contribution in [1.82, 2.24) is 10.2 Å². The number of aliphatic imine (C=N–C) groups is 1. The molecule has 0 atom stereocenters. The predicted octanol–water partition coefficient (Wildman–Crippen LogP) is 0.954. The molecule has 0 aromatic heterocycles. The van der Waals surface area contributed by atoms with E-state index >= 15 is 0 Å². The smallest absolute Gasteiger partial charge is 0.224 e. The minimum absolute atomic E-state index is 0.206. The van der Waals surface area contributed by atoms with Crippen LogP contribution in [0, 0.1) is 5.41 Å². The Kier molecular flexibility index (Phi) is 5.10. The molecule has 108 valence electrons. The Morgan fingerprint density at radius 3 is 2.84 bits per heavy atom. The number of amidine groups is 1. The van der Waals surface area contributed by atoms with E-state index in [0.717, 1.165) is 30.6 Å². The Labute approximate surface area is 119 Å². The molecule has 0 aromatic carbocycles. The monoisotopic (exact) mass is 285 g/mol. The van der Waals surface area contributed by atoms with Crippen molar-refractivity contribution in [3.63, 3.8) is 0 Å². The summed E-state index contributed by atoms with van der Waals surface area (Å²) in [5, 5.41) is 4.24. The van der Waals surface area contributed by atoms with Gasteiger partial charge in [-0.2, -0.15) is 0 Å².